The second-order valence-electron chi connectivity index (χ2n) is 6.00. The van der Waals surface area contributed by atoms with Gasteiger partial charge in [-0.25, -0.2) is 0 Å². The molecule has 3 aliphatic rings. The largest absolute Gasteiger partial charge is 0.378 e. The fraction of sp³-hybridized carbons (Fsp3) is 0.625. The molecule has 110 valence electrons. The highest BCUT2D eigenvalue weighted by Crippen LogP contribution is 2.31. The van der Waals surface area contributed by atoms with Gasteiger partial charge < -0.3 is 19.4 Å². The van der Waals surface area contributed by atoms with E-state index in [-0.39, 0.29) is 0 Å². The van der Waals surface area contributed by atoms with Crippen molar-refractivity contribution in [3.8, 4) is 0 Å². The van der Waals surface area contributed by atoms with Gasteiger partial charge in [0.1, 0.15) is 0 Å². The van der Waals surface area contributed by atoms with E-state index in [9.17, 15) is 0 Å². The van der Waals surface area contributed by atoms with Gasteiger partial charge in [-0.3, -0.25) is 0 Å². The predicted molar refractivity (Wildman–Crippen MR) is 81.4 cm³/mol. The third-order valence-corrected chi connectivity index (χ3v) is 4.34. The van der Waals surface area contributed by atoms with Crippen LogP contribution < -0.4 is 0 Å². The third-order valence-electron chi connectivity index (χ3n) is 4.34. The molecule has 1 atom stereocenters. The van der Waals surface area contributed by atoms with Crippen LogP contribution in [0.25, 0.3) is 0 Å². The van der Waals surface area contributed by atoms with Crippen molar-refractivity contribution in [2.45, 2.75) is 12.5 Å². The van der Waals surface area contributed by atoms with Crippen LogP contribution in [0.15, 0.2) is 35.7 Å². The Hall–Kier alpha value is -1.26. The maximum atomic E-state index is 5.45. The lowest BCUT2D eigenvalue weighted by atomic mass is 9.97. The van der Waals surface area contributed by atoms with Crippen LogP contribution in [-0.2, 0) is 4.74 Å². The van der Waals surface area contributed by atoms with E-state index in [1.54, 1.807) is 0 Å². The zero-order valence-corrected chi connectivity index (χ0v) is 12.6. The molecule has 0 N–H and O–H groups in total. The number of allylic oxidation sites excluding steroid dienone is 2. The Morgan fingerprint density at radius 2 is 2.05 bits per heavy atom. The topological polar surface area (TPSA) is 19.0 Å². The number of ether oxygens (including phenoxy) is 1. The van der Waals surface area contributed by atoms with E-state index in [2.05, 4.69) is 53.2 Å². The molecule has 0 aromatic rings. The lowest BCUT2D eigenvalue weighted by Crippen LogP contribution is -2.40. The molecule has 0 saturated carbocycles. The first-order chi connectivity index (χ1) is 9.74. The summed E-state index contributed by atoms with van der Waals surface area (Å²) in [5.74, 6) is 0. The summed E-state index contributed by atoms with van der Waals surface area (Å²) >= 11 is 0. The second-order valence-corrected chi connectivity index (χ2v) is 6.00. The molecule has 2 aliphatic heterocycles. The molecular weight excluding hydrogens is 250 g/mol. The lowest BCUT2D eigenvalue weighted by Gasteiger charge is -2.36. The standard InChI is InChI=1S/C16H25N3O/c1-17(2)7-8-19-6-5-14-3-4-15(13-16(14)19)18-9-11-20-12-10-18/h3-6,16H,7-13H2,1-2H3. The van der Waals surface area contributed by atoms with Crippen molar-refractivity contribution in [3.63, 3.8) is 0 Å². The van der Waals surface area contributed by atoms with Crippen LogP contribution in [0.4, 0.5) is 0 Å². The van der Waals surface area contributed by atoms with Crippen molar-refractivity contribution >= 4 is 0 Å². The van der Waals surface area contributed by atoms with Crippen LogP contribution in [-0.4, -0.2) is 74.2 Å². The number of hydrogen-bond donors (Lipinski definition) is 0. The van der Waals surface area contributed by atoms with E-state index >= 15 is 0 Å². The first kappa shape index (κ1) is 13.7. The monoisotopic (exact) mass is 275 g/mol. The summed E-state index contributed by atoms with van der Waals surface area (Å²) in [7, 11) is 4.27. The molecule has 0 aromatic heterocycles. The van der Waals surface area contributed by atoms with Gasteiger partial charge in [-0.05, 0) is 31.8 Å². The van der Waals surface area contributed by atoms with Gasteiger partial charge in [0.05, 0.1) is 19.3 Å². The summed E-state index contributed by atoms with van der Waals surface area (Å²) in [4.78, 5) is 7.22. The van der Waals surface area contributed by atoms with Gasteiger partial charge in [0, 0.05) is 44.5 Å². The Morgan fingerprint density at radius 3 is 2.80 bits per heavy atom. The van der Waals surface area contributed by atoms with Crippen LogP contribution in [0.5, 0.6) is 0 Å². The van der Waals surface area contributed by atoms with Crippen LogP contribution in [0.3, 0.4) is 0 Å². The van der Waals surface area contributed by atoms with Gasteiger partial charge in [0.25, 0.3) is 0 Å². The van der Waals surface area contributed by atoms with Crippen molar-refractivity contribution in [3.05, 3.63) is 35.7 Å². The number of nitrogens with zero attached hydrogens (tertiary/aromatic N) is 3. The molecule has 1 unspecified atom stereocenters. The fourth-order valence-electron chi connectivity index (χ4n) is 3.08. The van der Waals surface area contributed by atoms with Gasteiger partial charge in [0.2, 0.25) is 0 Å². The van der Waals surface area contributed by atoms with Crippen molar-refractivity contribution in [1.82, 2.24) is 14.7 Å². The van der Waals surface area contributed by atoms with E-state index < -0.39 is 0 Å². The quantitative estimate of drug-likeness (QED) is 0.769. The molecule has 3 rings (SSSR count). The number of morpholine rings is 1. The van der Waals surface area contributed by atoms with Gasteiger partial charge in [-0.1, -0.05) is 6.08 Å². The Balaban J connectivity index is 1.64. The molecule has 2 heterocycles. The van der Waals surface area contributed by atoms with E-state index in [1.807, 2.05) is 0 Å². The van der Waals surface area contributed by atoms with Crippen molar-refractivity contribution in [1.29, 1.82) is 0 Å². The summed E-state index contributed by atoms with van der Waals surface area (Å²) in [6, 6.07) is 0.540. The van der Waals surface area contributed by atoms with Gasteiger partial charge in [0.15, 0.2) is 0 Å². The Bertz CT molecular complexity index is 433. The highest BCUT2D eigenvalue weighted by molar-refractivity contribution is 5.39. The van der Waals surface area contributed by atoms with Crippen LogP contribution in [0, 0.1) is 0 Å². The Morgan fingerprint density at radius 1 is 1.25 bits per heavy atom. The van der Waals surface area contributed by atoms with E-state index in [0.29, 0.717) is 6.04 Å². The number of rotatable bonds is 4. The van der Waals surface area contributed by atoms with Crippen molar-refractivity contribution in [2.75, 3.05) is 53.5 Å². The minimum atomic E-state index is 0.540. The zero-order chi connectivity index (χ0) is 13.9. The number of hydrogen-bond acceptors (Lipinski definition) is 4. The average molecular weight is 275 g/mol. The third kappa shape index (κ3) is 2.91. The first-order valence-corrected chi connectivity index (χ1v) is 7.56. The fourth-order valence-corrected chi connectivity index (χ4v) is 3.08. The lowest BCUT2D eigenvalue weighted by molar-refractivity contribution is 0.0506. The molecule has 0 bridgehead atoms. The molecule has 0 amide bonds. The second kappa shape index (κ2) is 6.02. The zero-order valence-electron chi connectivity index (χ0n) is 12.6. The smallest absolute Gasteiger partial charge is 0.0642 e. The van der Waals surface area contributed by atoms with Gasteiger partial charge in [-0.15, -0.1) is 0 Å². The van der Waals surface area contributed by atoms with E-state index in [1.165, 1.54) is 11.3 Å². The Labute approximate surface area is 122 Å². The molecule has 1 saturated heterocycles. The summed E-state index contributed by atoms with van der Waals surface area (Å²) in [5, 5.41) is 0. The number of likely N-dealkylation sites (N-methyl/N-ethyl adjacent to an activating group) is 1. The molecule has 0 aromatic carbocycles. The normalized spacial score (nSPS) is 25.9. The summed E-state index contributed by atoms with van der Waals surface area (Å²) in [6.07, 6.45) is 10.3. The molecule has 4 heteroatoms. The van der Waals surface area contributed by atoms with E-state index in [0.717, 1.165) is 45.8 Å². The van der Waals surface area contributed by atoms with E-state index in [4.69, 9.17) is 4.74 Å². The number of fused-ring (bicyclic) bond motifs is 1. The van der Waals surface area contributed by atoms with Crippen LogP contribution in [0.1, 0.15) is 6.42 Å². The van der Waals surface area contributed by atoms with Gasteiger partial charge in [-0.2, -0.15) is 0 Å². The van der Waals surface area contributed by atoms with Gasteiger partial charge >= 0.3 is 0 Å². The van der Waals surface area contributed by atoms with Crippen molar-refractivity contribution in [2.24, 2.45) is 0 Å². The summed E-state index contributed by atoms with van der Waals surface area (Å²) in [5.41, 5.74) is 2.93. The maximum absolute atomic E-state index is 5.45. The first-order valence-electron chi connectivity index (χ1n) is 7.56. The predicted octanol–water partition coefficient (Wildman–Crippen LogP) is 1.29. The molecule has 1 fully saturated rings. The van der Waals surface area contributed by atoms with Crippen molar-refractivity contribution < 1.29 is 4.74 Å². The summed E-state index contributed by atoms with van der Waals surface area (Å²) < 4.78 is 5.45. The molecule has 4 nitrogen and oxygen atoms in total. The average Bonchev–Trinajstić information content (AvgIpc) is 2.88. The Kier molecular flexibility index (Phi) is 4.13. The highest BCUT2D eigenvalue weighted by atomic mass is 16.5. The maximum Gasteiger partial charge on any atom is 0.0642 e. The van der Waals surface area contributed by atoms with Crippen LogP contribution in [0.2, 0.25) is 0 Å². The van der Waals surface area contributed by atoms with Crippen LogP contribution >= 0.6 is 0 Å². The SMILES string of the molecule is CN(C)CCN1C=CC2=CC=C(N3CCOCC3)CC21. The highest BCUT2D eigenvalue weighted by Gasteiger charge is 2.28. The molecule has 20 heavy (non-hydrogen) atoms. The molecule has 0 radical (unpaired) electrons. The molecule has 1 aliphatic carbocycles. The minimum absolute atomic E-state index is 0.540. The minimum Gasteiger partial charge on any atom is -0.378 e. The molecular formula is C16H25N3O. The molecule has 0 spiro atoms. The summed E-state index contributed by atoms with van der Waals surface area (Å²) in [6.45, 7) is 5.99.